The number of thiocarbonyl (C=S) groups is 1. The van der Waals surface area contributed by atoms with E-state index in [2.05, 4.69) is 12.2 Å². The van der Waals surface area contributed by atoms with Crippen LogP contribution in [0.2, 0.25) is 0 Å². The zero-order chi connectivity index (χ0) is 5.15. The molecule has 0 aliphatic rings. The molecule has 1 unspecified atom stereocenters. The highest BCUT2D eigenvalue weighted by Crippen LogP contribution is 1.70. The first-order chi connectivity index (χ1) is 2.64. The van der Waals surface area contributed by atoms with Gasteiger partial charge in [-0.2, -0.15) is 0 Å². The van der Waals surface area contributed by atoms with Crippen molar-refractivity contribution in [2.24, 2.45) is 11.5 Å². The smallest absolute Gasteiger partial charge is 0.0894 e. The van der Waals surface area contributed by atoms with Gasteiger partial charge in [-0.1, -0.05) is 12.2 Å². The topological polar surface area (TPSA) is 52.0 Å². The Bertz CT molecular complexity index is 66.3. The Morgan fingerprint density at radius 3 is 1.62 bits per heavy atom. The second kappa shape index (κ2) is 7.43. The summed E-state index contributed by atoms with van der Waals surface area (Å²) in [5.41, 5.74) is 10.2. The van der Waals surface area contributed by atoms with E-state index in [0.717, 1.165) is 0 Å². The van der Waals surface area contributed by atoms with Crippen LogP contribution in [0.25, 0.3) is 0 Å². The molecule has 0 spiro atoms. The molecule has 0 aromatic carbocycles. The lowest BCUT2D eigenvalue weighted by molar-refractivity contribution is 0.980. The van der Waals surface area contributed by atoms with Crippen LogP contribution in [0.15, 0.2) is 0 Å². The van der Waals surface area contributed by atoms with Crippen LogP contribution in [0.3, 0.4) is 0 Å². The third kappa shape index (κ3) is 9.66. The zero-order valence-corrected chi connectivity index (χ0v) is 6.91. The predicted molar refractivity (Wildman–Crippen MR) is 44.9 cm³/mol. The van der Waals surface area contributed by atoms with E-state index in [4.69, 9.17) is 11.5 Å². The molecular weight excluding hydrogens is 167 g/mol. The molecule has 8 heavy (non-hydrogen) atoms. The molecule has 0 aromatic rings. The molecule has 0 saturated carbocycles. The Balaban J connectivity index is -0.000000125. The van der Waals surface area contributed by atoms with E-state index in [1.807, 2.05) is 0 Å². The largest absolute Gasteiger partial charge is 0.392 e. The SMILES string of the molecule is CC(N)C(N)=S.Cl.Cl. The summed E-state index contributed by atoms with van der Waals surface area (Å²) in [6.45, 7) is 1.75. The van der Waals surface area contributed by atoms with Crippen molar-refractivity contribution in [3.8, 4) is 0 Å². The van der Waals surface area contributed by atoms with Gasteiger partial charge in [0.2, 0.25) is 0 Å². The van der Waals surface area contributed by atoms with E-state index in [0.29, 0.717) is 4.99 Å². The van der Waals surface area contributed by atoms with Crippen molar-refractivity contribution in [3.05, 3.63) is 0 Å². The van der Waals surface area contributed by atoms with E-state index in [1.165, 1.54) is 0 Å². The van der Waals surface area contributed by atoms with Crippen LogP contribution in [0, 0.1) is 0 Å². The van der Waals surface area contributed by atoms with Crippen molar-refractivity contribution in [3.63, 3.8) is 0 Å². The fraction of sp³-hybridized carbons (Fsp3) is 0.667. The lowest BCUT2D eigenvalue weighted by atomic mass is 10.4. The summed E-state index contributed by atoms with van der Waals surface area (Å²) >= 11 is 4.47. The fourth-order valence-electron chi connectivity index (χ4n) is 0. The number of rotatable bonds is 1. The molecule has 2 nitrogen and oxygen atoms in total. The van der Waals surface area contributed by atoms with E-state index in [-0.39, 0.29) is 30.9 Å². The molecule has 4 N–H and O–H groups in total. The summed E-state index contributed by atoms with van der Waals surface area (Å²) in [6, 6.07) is -0.139. The Kier molecular flexibility index (Phi) is 14.7. The third-order valence-corrected chi connectivity index (χ3v) is 0.821. The zero-order valence-electron chi connectivity index (χ0n) is 4.46. The summed E-state index contributed by atoms with van der Waals surface area (Å²) in [5, 5.41) is 0. The van der Waals surface area contributed by atoms with Crippen molar-refractivity contribution >= 4 is 42.0 Å². The van der Waals surface area contributed by atoms with Crippen LogP contribution in [0.1, 0.15) is 6.92 Å². The molecule has 0 radical (unpaired) electrons. The highest BCUT2D eigenvalue weighted by Gasteiger charge is 1.91. The van der Waals surface area contributed by atoms with Crippen LogP contribution in [0.5, 0.6) is 0 Å². The van der Waals surface area contributed by atoms with Gasteiger partial charge in [-0.05, 0) is 6.92 Å². The van der Waals surface area contributed by atoms with Crippen molar-refractivity contribution < 1.29 is 0 Å². The predicted octanol–water partition coefficient (Wildman–Crippen LogP) is 0.463. The summed E-state index contributed by atoms with van der Waals surface area (Å²) in [5.74, 6) is 0. The highest BCUT2D eigenvalue weighted by molar-refractivity contribution is 7.80. The second-order valence-corrected chi connectivity index (χ2v) is 1.66. The van der Waals surface area contributed by atoms with Crippen LogP contribution in [-0.2, 0) is 0 Å². The highest BCUT2D eigenvalue weighted by atomic mass is 35.5. The third-order valence-electron chi connectivity index (χ3n) is 0.449. The van der Waals surface area contributed by atoms with Crippen LogP contribution < -0.4 is 11.5 Å². The molecule has 0 aliphatic heterocycles. The lowest BCUT2D eigenvalue weighted by Gasteiger charge is -1.96. The Morgan fingerprint density at radius 2 is 1.62 bits per heavy atom. The van der Waals surface area contributed by atoms with E-state index in [9.17, 15) is 0 Å². The van der Waals surface area contributed by atoms with Gasteiger partial charge >= 0.3 is 0 Å². The quantitative estimate of drug-likeness (QED) is 0.572. The maximum atomic E-state index is 5.17. The van der Waals surface area contributed by atoms with Gasteiger partial charge in [-0.25, -0.2) is 0 Å². The molecule has 0 saturated heterocycles. The minimum absolute atomic E-state index is 0. The first-order valence-electron chi connectivity index (χ1n) is 1.69. The molecule has 0 aliphatic carbocycles. The molecule has 5 heteroatoms. The maximum absolute atomic E-state index is 5.17. The molecule has 0 fully saturated rings. The number of nitrogens with two attached hydrogens (primary N) is 2. The van der Waals surface area contributed by atoms with Crippen molar-refractivity contribution in [1.29, 1.82) is 0 Å². The van der Waals surface area contributed by atoms with Gasteiger partial charge in [0, 0.05) is 0 Å². The first-order valence-corrected chi connectivity index (χ1v) is 2.10. The molecule has 1 atom stereocenters. The Morgan fingerprint density at radius 1 is 1.50 bits per heavy atom. The molecule has 0 aromatic heterocycles. The normalized spacial score (nSPS) is 10.2. The lowest BCUT2D eigenvalue weighted by Crippen LogP contribution is -2.31. The number of hydrogen-bond donors (Lipinski definition) is 2. The Labute approximate surface area is 66.8 Å². The average Bonchev–Trinajstić information content (AvgIpc) is 1.36. The van der Waals surface area contributed by atoms with Gasteiger partial charge in [0.05, 0.1) is 11.0 Å². The molecule has 0 amide bonds. The minimum Gasteiger partial charge on any atom is -0.392 e. The van der Waals surface area contributed by atoms with E-state index < -0.39 is 0 Å². The number of halogens is 2. The Hall–Kier alpha value is 0.430. The average molecular weight is 177 g/mol. The molecule has 0 rings (SSSR count). The van der Waals surface area contributed by atoms with Crippen molar-refractivity contribution in [2.45, 2.75) is 13.0 Å². The summed E-state index contributed by atoms with van der Waals surface area (Å²) in [7, 11) is 0. The minimum atomic E-state index is -0.139. The second-order valence-electron chi connectivity index (χ2n) is 1.19. The van der Waals surface area contributed by atoms with Crippen molar-refractivity contribution in [1.82, 2.24) is 0 Å². The summed E-state index contributed by atoms with van der Waals surface area (Å²) in [4.78, 5) is 0.370. The van der Waals surface area contributed by atoms with Gasteiger partial charge in [0.15, 0.2) is 0 Å². The standard InChI is InChI=1S/C3H8N2S.2ClH/c1-2(4)3(5)6;;/h2H,4H2,1H3,(H2,5,6);2*1H. The fourth-order valence-corrected chi connectivity index (χ4v) is 0. The summed E-state index contributed by atoms with van der Waals surface area (Å²) in [6.07, 6.45) is 0. The molecule has 52 valence electrons. The number of hydrogen-bond acceptors (Lipinski definition) is 2. The van der Waals surface area contributed by atoms with Crippen LogP contribution in [-0.4, -0.2) is 11.0 Å². The van der Waals surface area contributed by atoms with Gasteiger partial charge in [0.25, 0.3) is 0 Å². The molecule has 0 bridgehead atoms. The van der Waals surface area contributed by atoms with E-state index >= 15 is 0 Å². The van der Waals surface area contributed by atoms with Gasteiger partial charge in [-0.15, -0.1) is 24.8 Å². The maximum Gasteiger partial charge on any atom is 0.0894 e. The van der Waals surface area contributed by atoms with Crippen LogP contribution >= 0.6 is 37.0 Å². The van der Waals surface area contributed by atoms with Crippen molar-refractivity contribution in [2.75, 3.05) is 0 Å². The van der Waals surface area contributed by atoms with E-state index in [1.54, 1.807) is 6.92 Å². The van der Waals surface area contributed by atoms with Crippen LogP contribution in [0.4, 0.5) is 0 Å². The van der Waals surface area contributed by atoms with Gasteiger partial charge in [-0.3, -0.25) is 0 Å². The van der Waals surface area contributed by atoms with Gasteiger partial charge in [0.1, 0.15) is 0 Å². The molecule has 0 heterocycles. The molecular formula is C3H10Cl2N2S. The first kappa shape index (κ1) is 15.8. The summed E-state index contributed by atoms with van der Waals surface area (Å²) < 4.78 is 0. The monoisotopic (exact) mass is 176 g/mol. The van der Waals surface area contributed by atoms with Gasteiger partial charge < -0.3 is 11.5 Å².